The maximum atomic E-state index is 13.2. The first kappa shape index (κ1) is 21.2. The zero-order valence-corrected chi connectivity index (χ0v) is 17.2. The lowest BCUT2D eigenvalue weighted by atomic mass is 9.92. The number of nitrogens with two attached hydrogens (primary N) is 1. The molecule has 0 saturated carbocycles. The van der Waals surface area contributed by atoms with E-state index >= 15 is 0 Å². The van der Waals surface area contributed by atoms with Crippen molar-refractivity contribution in [1.82, 2.24) is 0 Å². The number of ketones is 1. The van der Waals surface area contributed by atoms with Gasteiger partial charge in [0.25, 0.3) is 0 Å². The third-order valence-electron chi connectivity index (χ3n) is 4.40. The highest BCUT2D eigenvalue weighted by Crippen LogP contribution is 2.38. The fourth-order valence-electron chi connectivity index (χ4n) is 2.90. The van der Waals surface area contributed by atoms with E-state index in [4.69, 9.17) is 24.7 Å². The van der Waals surface area contributed by atoms with Crippen molar-refractivity contribution < 1.29 is 23.7 Å². The fraction of sp³-hybridized carbons (Fsp3) is 0.318. The van der Waals surface area contributed by atoms with Crippen LogP contribution in [0.15, 0.2) is 35.9 Å². The number of hydrogen-bond donors (Lipinski definition) is 1. The van der Waals surface area contributed by atoms with Crippen molar-refractivity contribution in [1.29, 1.82) is 0 Å². The summed E-state index contributed by atoms with van der Waals surface area (Å²) in [7, 11) is 6.22. The standard InChI is InChI=1S/C22H27NO5/c1-13(2)17(21(24)14-7-8-19(26-4)18(23)11-14)10-15-9-16(25-3)12-20(27-5)22(15)28-6/h7-13H,23H2,1-6H3/b17-10+. The van der Waals surface area contributed by atoms with Crippen molar-refractivity contribution in [2.75, 3.05) is 34.2 Å². The van der Waals surface area contributed by atoms with E-state index in [1.807, 2.05) is 13.8 Å². The van der Waals surface area contributed by atoms with Crippen LogP contribution in [0, 0.1) is 5.92 Å². The predicted octanol–water partition coefficient (Wildman–Crippen LogP) is 4.23. The maximum Gasteiger partial charge on any atom is 0.189 e. The summed E-state index contributed by atoms with van der Waals surface area (Å²) in [5, 5.41) is 0. The Balaban J connectivity index is 2.59. The molecule has 0 aliphatic rings. The average molecular weight is 385 g/mol. The number of Topliss-reactive ketones (excluding diaryl/α,β-unsaturated/α-hetero) is 1. The molecular weight excluding hydrogens is 358 g/mol. The molecule has 2 aromatic rings. The van der Waals surface area contributed by atoms with Crippen molar-refractivity contribution in [3.8, 4) is 23.0 Å². The number of nitrogen functional groups attached to an aromatic ring is 1. The molecule has 0 spiro atoms. The number of carbonyl (C=O) groups is 1. The molecule has 0 bridgehead atoms. The van der Waals surface area contributed by atoms with E-state index < -0.39 is 0 Å². The molecule has 28 heavy (non-hydrogen) atoms. The van der Waals surface area contributed by atoms with E-state index in [2.05, 4.69) is 0 Å². The lowest BCUT2D eigenvalue weighted by Gasteiger charge is -2.16. The second-order valence-electron chi connectivity index (χ2n) is 6.49. The van der Waals surface area contributed by atoms with Crippen LogP contribution in [-0.4, -0.2) is 34.2 Å². The summed E-state index contributed by atoms with van der Waals surface area (Å²) in [5.41, 5.74) is 8.18. The molecule has 0 fully saturated rings. The van der Waals surface area contributed by atoms with E-state index in [1.54, 1.807) is 57.7 Å². The van der Waals surface area contributed by atoms with E-state index in [-0.39, 0.29) is 11.7 Å². The summed E-state index contributed by atoms with van der Waals surface area (Å²) in [4.78, 5) is 13.2. The lowest BCUT2D eigenvalue weighted by Crippen LogP contribution is -2.10. The molecule has 0 atom stereocenters. The van der Waals surface area contributed by atoms with Gasteiger partial charge < -0.3 is 24.7 Å². The molecule has 150 valence electrons. The van der Waals surface area contributed by atoms with Crippen LogP contribution in [0.25, 0.3) is 6.08 Å². The monoisotopic (exact) mass is 385 g/mol. The van der Waals surface area contributed by atoms with Gasteiger partial charge in [-0.1, -0.05) is 13.8 Å². The van der Waals surface area contributed by atoms with Crippen LogP contribution < -0.4 is 24.7 Å². The maximum absolute atomic E-state index is 13.2. The number of carbonyl (C=O) groups excluding carboxylic acids is 1. The number of hydrogen-bond acceptors (Lipinski definition) is 6. The second kappa shape index (κ2) is 9.17. The van der Waals surface area contributed by atoms with Crippen molar-refractivity contribution >= 4 is 17.5 Å². The van der Waals surface area contributed by atoms with Gasteiger partial charge in [0.15, 0.2) is 17.3 Å². The molecule has 2 rings (SSSR count). The summed E-state index contributed by atoms with van der Waals surface area (Å²) < 4.78 is 21.4. The Morgan fingerprint density at radius 3 is 2.11 bits per heavy atom. The van der Waals surface area contributed by atoms with Gasteiger partial charge in [-0.15, -0.1) is 0 Å². The highest BCUT2D eigenvalue weighted by molar-refractivity contribution is 6.12. The minimum Gasteiger partial charge on any atom is -0.497 e. The summed E-state index contributed by atoms with van der Waals surface area (Å²) >= 11 is 0. The van der Waals surface area contributed by atoms with Gasteiger partial charge >= 0.3 is 0 Å². The van der Waals surface area contributed by atoms with Crippen molar-refractivity contribution in [3.63, 3.8) is 0 Å². The van der Waals surface area contributed by atoms with Gasteiger partial charge in [-0.25, -0.2) is 0 Å². The molecule has 0 unspecified atom stereocenters. The summed E-state index contributed by atoms with van der Waals surface area (Å²) in [6, 6.07) is 8.56. The molecule has 0 heterocycles. The van der Waals surface area contributed by atoms with E-state index in [1.165, 1.54) is 7.11 Å². The first-order chi connectivity index (χ1) is 13.4. The molecule has 0 aliphatic heterocycles. The van der Waals surface area contributed by atoms with Crippen LogP contribution in [-0.2, 0) is 0 Å². The van der Waals surface area contributed by atoms with Crippen LogP contribution in [0.5, 0.6) is 23.0 Å². The fourth-order valence-corrected chi connectivity index (χ4v) is 2.90. The number of benzene rings is 2. The Kier molecular flexibility index (Phi) is 6.93. The predicted molar refractivity (Wildman–Crippen MR) is 111 cm³/mol. The molecule has 6 heteroatoms. The molecule has 2 aromatic carbocycles. The number of allylic oxidation sites excluding steroid dienone is 1. The lowest BCUT2D eigenvalue weighted by molar-refractivity contribution is 0.102. The van der Waals surface area contributed by atoms with Gasteiger partial charge in [0.05, 0.1) is 34.1 Å². The molecule has 0 amide bonds. The number of anilines is 1. The van der Waals surface area contributed by atoms with Gasteiger partial charge in [0.1, 0.15) is 11.5 Å². The van der Waals surface area contributed by atoms with Crippen molar-refractivity contribution in [2.45, 2.75) is 13.8 Å². The zero-order valence-electron chi connectivity index (χ0n) is 17.2. The van der Waals surface area contributed by atoms with Crippen LogP contribution in [0.3, 0.4) is 0 Å². The second-order valence-corrected chi connectivity index (χ2v) is 6.49. The van der Waals surface area contributed by atoms with Crippen LogP contribution in [0.4, 0.5) is 5.69 Å². The number of rotatable bonds is 8. The van der Waals surface area contributed by atoms with Crippen LogP contribution >= 0.6 is 0 Å². The normalized spacial score (nSPS) is 11.3. The zero-order chi connectivity index (χ0) is 20.8. The molecule has 0 saturated heterocycles. The van der Waals surface area contributed by atoms with E-state index in [0.717, 1.165) is 0 Å². The van der Waals surface area contributed by atoms with Gasteiger partial charge in [0, 0.05) is 22.8 Å². The first-order valence-electron chi connectivity index (χ1n) is 8.86. The van der Waals surface area contributed by atoms with Gasteiger partial charge in [-0.2, -0.15) is 0 Å². The Morgan fingerprint density at radius 2 is 1.61 bits per heavy atom. The average Bonchev–Trinajstić information content (AvgIpc) is 2.70. The van der Waals surface area contributed by atoms with Crippen LogP contribution in [0.1, 0.15) is 29.8 Å². The molecule has 0 aliphatic carbocycles. The third-order valence-corrected chi connectivity index (χ3v) is 4.40. The van der Waals surface area contributed by atoms with Crippen LogP contribution in [0.2, 0.25) is 0 Å². The Labute approximate surface area is 165 Å². The third kappa shape index (κ3) is 4.39. The molecular formula is C22H27NO5. The van der Waals surface area contributed by atoms with Gasteiger partial charge in [-0.3, -0.25) is 4.79 Å². The van der Waals surface area contributed by atoms with Gasteiger partial charge in [0.2, 0.25) is 0 Å². The van der Waals surface area contributed by atoms with Gasteiger partial charge in [-0.05, 0) is 36.3 Å². The summed E-state index contributed by atoms with van der Waals surface area (Å²) in [6.45, 7) is 3.92. The van der Waals surface area contributed by atoms with E-state index in [9.17, 15) is 4.79 Å². The highest BCUT2D eigenvalue weighted by Gasteiger charge is 2.19. The quantitative estimate of drug-likeness (QED) is 0.416. The summed E-state index contributed by atoms with van der Waals surface area (Å²) in [5.74, 6) is 2.05. The van der Waals surface area contributed by atoms with Crippen molar-refractivity contribution in [2.24, 2.45) is 5.92 Å². The minimum atomic E-state index is -0.117. The highest BCUT2D eigenvalue weighted by atomic mass is 16.5. The Bertz CT molecular complexity index is 887. The molecule has 0 aromatic heterocycles. The number of methoxy groups -OCH3 is 4. The summed E-state index contributed by atoms with van der Waals surface area (Å²) in [6.07, 6.45) is 1.80. The smallest absolute Gasteiger partial charge is 0.189 e. The topological polar surface area (TPSA) is 80.0 Å². The molecule has 6 nitrogen and oxygen atoms in total. The Morgan fingerprint density at radius 1 is 0.929 bits per heavy atom. The van der Waals surface area contributed by atoms with Crippen molar-refractivity contribution in [3.05, 3.63) is 47.0 Å². The largest absolute Gasteiger partial charge is 0.497 e. The SMILES string of the molecule is COc1cc(/C=C(/C(=O)c2ccc(OC)c(N)c2)C(C)C)c(OC)c(OC)c1. The molecule has 0 radical (unpaired) electrons. The Hall–Kier alpha value is -3.15. The minimum absolute atomic E-state index is 0.0299. The molecule has 2 N–H and O–H groups in total. The van der Waals surface area contributed by atoms with E-state index in [0.29, 0.717) is 45.4 Å². The number of ether oxygens (including phenoxy) is 4. The first-order valence-corrected chi connectivity index (χ1v) is 8.86.